The van der Waals surface area contributed by atoms with Crippen molar-refractivity contribution < 1.29 is 4.39 Å². The summed E-state index contributed by atoms with van der Waals surface area (Å²) in [5.41, 5.74) is 1.15. The van der Waals surface area contributed by atoms with Gasteiger partial charge in [-0.1, -0.05) is 0 Å². The third-order valence-electron chi connectivity index (χ3n) is 2.00. The molecule has 0 saturated heterocycles. The quantitative estimate of drug-likeness (QED) is 0.787. The molecule has 6 heteroatoms. The molecule has 16 heavy (non-hydrogen) atoms. The van der Waals surface area contributed by atoms with Crippen molar-refractivity contribution in [2.75, 3.05) is 0 Å². The Morgan fingerprint density at radius 2 is 1.69 bits per heavy atom. The molecule has 0 N–H and O–H groups in total. The molecule has 2 rings (SSSR count). The molecule has 1 aromatic carbocycles. The zero-order valence-electron chi connectivity index (χ0n) is 8.21. The summed E-state index contributed by atoms with van der Waals surface area (Å²) in [6, 6.07) is 4.53. The predicted molar refractivity (Wildman–Crippen MR) is 60.0 cm³/mol. The van der Waals surface area contributed by atoms with E-state index in [0.29, 0.717) is 17.0 Å². The van der Waals surface area contributed by atoms with Gasteiger partial charge in [-0.25, -0.2) is 4.39 Å². The van der Waals surface area contributed by atoms with Gasteiger partial charge in [0.15, 0.2) is 5.82 Å². The second kappa shape index (κ2) is 4.31. The number of aromatic nitrogens is 3. The lowest BCUT2D eigenvalue weighted by molar-refractivity contribution is 0.618. The van der Waals surface area contributed by atoms with E-state index >= 15 is 0 Å². The van der Waals surface area contributed by atoms with E-state index in [0.717, 1.165) is 0 Å². The van der Waals surface area contributed by atoms with E-state index in [9.17, 15) is 4.39 Å². The van der Waals surface area contributed by atoms with Crippen molar-refractivity contribution in [3.05, 3.63) is 40.1 Å². The van der Waals surface area contributed by atoms with Crippen LogP contribution in [0.3, 0.4) is 0 Å². The minimum atomic E-state index is -0.282. The Bertz CT molecular complexity index is 525. The first kappa shape index (κ1) is 11.2. The summed E-state index contributed by atoms with van der Waals surface area (Å²) in [5, 5.41) is 0.0222. The van der Waals surface area contributed by atoms with Crippen LogP contribution < -0.4 is 0 Å². The fourth-order valence-electron chi connectivity index (χ4n) is 1.24. The highest BCUT2D eigenvalue weighted by Crippen LogP contribution is 2.20. The molecule has 82 valence electrons. The summed E-state index contributed by atoms with van der Waals surface area (Å²) >= 11 is 11.3. The summed E-state index contributed by atoms with van der Waals surface area (Å²) in [6.45, 7) is 1.66. The zero-order chi connectivity index (χ0) is 11.7. The highest BCUT2D eigenvalue weighted by atomic mass is 35.5. The van der Waals surface area contributed by atoms with Gasteiger partial charge < -0.3 is 0 Å². The first-order valence-electron chi connectivity index (χ1n) is 4.40. The SMILES string of the molecule is Cc1cc(-c2nc(Cl)nc(Cl)n2)ccc1F. The highest BCUT2D eigenvalue weighted by molar-refractivity contribution is 6.31. The lowest BCUT2D eigenvalue weighted by atomic mass is 10.1. The van der Waals surface area contributed by atoms with Gasteiger partial charge in [0.05, 0.1) is 0 Å². The number of rotatable bonds is 1. The molecule has 0 amide bonds. The normalized spacial score (nSPS) is 10.5. The van der Waals surface area contributed by atoms with E-state index in [1.54, 1.807) is 19.1 Å². The Hall–Kier alpha value is -1.26. The average Bonchev–Trinajstić information content (AvgIpc) is 2.20. The lowest BCUT2D eigenvalue weighted by Crippen LogP contribution is -1.94. The number of halogens is 3. The van der Waals surface area contributed by atoms with Crippen LogP contribution in [0.2, 0.25) is 10.6 Å². The van der Waals surface area contributed by atoms with Crippen LogP contribution >= 0.6 is 23.2 Å². The third kappa shape index (κ3) is 2.28. The van der Waals surface area contributed by atoms with Crippen LogP contribution in [0.1, 0.15) is 5.56 Å². The van der Waals surface area contributed by atoms with Crippen LogP contribution in [0.25, 0.3) is 11.4 Å². The van der Waals surface area contributed by atoms with Gasteiger partial charge in [-0.2, -0.15) is 15.0 Å². The molecule has 0 bridgehead atoms. The van der Waals surface area contributed by atoms with Gasteiger partial charge in [0.2, 0.25) is 10.6 Å². The lowest BCUT2D eigenvalue weighted by Gasteiger charge is -2.02. The van der Waals surface area contributed by atoms with Crippen molar-refractivity contribution in [2.45, 2.75) is 6.92 Å². The highest BCUT2D eigenvalue weighted by Gasteiger charge is 2.07. The van der Waals surface area contributed by atoms with E-state index in [4.69, 9.17) is 23.2 Å². The van der Waals surface area contributed by atoms with Gasteiger partial charge >= 0.3 is 0 Å². The van der Waals surface area contributed by atoms with E-state index in [1.807, 2.05) is 0 Å². The van der Waals surface area contributed by atoms with E-state index in [-0.39, 0.29) is 16.4 Å². The average molecular weight is 258 g/mol. The van der Waals surface area contributed by atoms with Crippen molar-refractivity contribution in [1.29, 1.82) is 0 Å². The monoisotopic (exact) mass is 257 g/mol. The van der Waals surface area contributed by atoms with Crippen LogP contribution in [-0.4, -0.2) is 15.0 Å². The van der Waals surface area contributed by atoms with Crippen LogP contribution in [0.15, 0.2) is 18.2 Å². The van der Waals surface area contributed by atoms with Gasteiger partial charge in [0.1, 0.15) is 5.82 Å². The molecule has 0 unspecified atom stereocenters. The van der Waals surface area contributed by atoms with E-state index in [1.165, 1.54) is 6.07 Å². The molecular formula is C10H6Cl2FN3. The molecule has 2 aromatic rings. The Labute approximate surface area is 101 Å². The molecule has 0 aliphatic carbocycles. The Morgan fingerprint density at radius 1 is 1.06 bits per heavy atom. The molecule has 1 heterocycles. The summed E-state index contributed by atoms with van der Waals surface area (Å²) < 4.78 is 13.1. The minimum Gasteiger partial charge on any atom is -0.207 e. The molecule has 0 radical (unpaired) electrons. The largest absolute Gasteiger partial charge is 0.227 e. The van der Waals surface area contributed by atoms with Gasteiger partial charge in [-0.15, -0.1) is 0 Å². The van der Waals surface area contributed by atoms with Crippen molar-refractivity contribution in [3.8, 4) is 11.4 Å². The standard InChI is InChI=1S/C10H6Cl2FN3/c1-5-4-6(2-3-7(5)13)8-14-9(11)16-10(12)15-8/h2-4H,1H3. The smallest absolute Gasteiger partial charge is 0.207 e. The molecule has 0 atom stereocenters. The summed E-state index contributed by atoms with van der Waals surface area (Å²) in [6.07, 6.45) is 0. The van der Waals surface area contributed by atoms with Crippen LogP contribution in [0.5, 0.6) is 0 Å². The van der Waals surface area contributed by atoms with Crippen molar-refractivity contribution in [2.24, 2.45) is 0 Å². The first-order chi connectivity index (χ1) is 7.56. The number of aryl methyl sites for hydroxylation is 1. The van der Waals surface area contributed by atoms with Gasteiger partial charge in [0.25, 0.3) is 0 Å². The van der Waals surface area contributed by atoms with Crippen LogP contribution in [0, 0.1) is 12.7 Å². The molecule has 1 aromatic heterocycles. The summed E-state index contributed by atoms with van der Waals surface area (Å²) in [7, 11) is 0. The van der Waals surface area contributed by atoms with E-state index in [2.05, 4.69) is 15.0 Å². The van der Waals surface area contributed by atoms with Crippen molar-refractivity contribution in [3.63, 3.8) is 0 Å². The molecule has 3 nitrogen and oxygen atoms in total. The maximum absolute atomic E-state index is 13.1. The molecular weight excluding hydrogens is 252 g/mol. The predicted octanol–water partition coefficient (Wildman–Crippen LogP) is 3.29. The first-order valence-corrected chi connectivity index (χ1v) is 5.15. The van der Waals surface area contributed by atoms with E-state index < -0.39 is 0 Å². The van der Waals surface area contributed by atoms with Crippen molar-refractivity contribution in [1.82, 2.24) is 15.0 Å². The number of hydrogen-bond donors (Lipinski definition) is 0. The molecule has 0 saturated carbocycles. The van der Waals surface area contributed by atoms with Crippen molar-refractivity contribution >= 4 is 23.2 Å². The number of hydrogen-bond acceptors (Lipinski definition) is 3. The van der Waals surface area contributed by atoms with Crippen LogP contribution in [-0.2, 0) is 0 Å². The second-order valence-corrected chi connectivity index (χ2v) is 3.84. The second-order valence-electron chi connectivity index (χ2n) is 3.16. The number of benzene rings is 1. The van der Waals surface area contributed by atoms with Gasteiger partial charge in [0, 0.05) is 5.56 Å². The maximum Gasteiger partial charge on any atom is 0.227 e. The molecule has 0 spiro atoms. The Kier molecular flexibility index (Phi) is 3.03. The fourth-order valence-corrected chi connectivity index (χ4v) is 1.60. The zero-order valence-corrected chi connectivity index (χ0v) is 9.72. The van der Waals surface area contributed by atoms with Crippen LogP contribution in [0.4, 0.5) is 4.39 Å². The molecule has 0 fully saturated rings. The maximum atomic E-state index is 13.1. The Morgan fingerprint density at radius 3 is 2.25 bits per heavy atom. The topological polar surface area (TPSA) is 38.7 Å². The third-order valence-corrected chi connectivity index (χ3v) is 2.34. The number of nitrogens with zero attached hydrogens (tertiary/aromatic N) is 3. The van der Waals surface area contributed by atoms with Gasteiger partial charge in [-0.05, 0) is 53.9 Å². The summed E-state index contributed by atoms with van der Waals surface area (Å²) in [4.78, 5) is 11.5. The molecule has 0 aliphatic rings. The minimum absolute atomic E-state index is 0.0111. The Balaban J connectivity index is 2.54. The fraction of sp³-hybridized carbons (Fsp3) is 0.100. The summed E-state index contributed by atoms with van der Waals surface area (Å²) in [5.74, 6) is 0.0445. The molecule has 0 aliphatic heterocycles. The van der Waals surface area contributed by atoms with Gasteiger partial charge in [-0.3, -0.25) is 0 Å².